The molecule has 0 aliphatic heterocycles. The summed E-state index contributed by atoms with van der Waals surface area (Å²) in [7, 11) is 0. The van der Waals surface area contributed by atoms with E-state index in [1.54, 1.807) is 5.57 Å². The van der Waals surface area contributed by atoms with Crippen molar-refractivity contribution < 1.29 is 0 Å². The predicted molar refractivity (Wildman–Crippen MR) is 71.5 cm³/mol. The molecule has 0 amide bonds. The number of unbranched alkanes of at least 4 members (excludes halogenated alkanes) is 1. The van der Waals surface area contributed by atoms with E-state index in [0.717, 1.165) is 0 Å². The fraction of sp³-hybridized carbons (Fsp3) is 0.375. The molecule has 0 radical (unpaired) electrons. The lowest BCUT2D eigenvalue weighted by Crippen LogP contribution is -2.00. The standard InChI is InChI=1S/C16H20/c1-4-5-8-14-11-13-9-6-7-10-15(13)16(14)12(2)3/h6-7,9-11,16H,2,4-5,8H2,1,3H3/t16-/m1/s1. The molecule has 1 aliphatic carbocycles. The van der Waals surface area contributed by atoms with Gasteiger partial charge in [0.25, 0.3) is 0 Å². The van der Waals surface area contributed by atoms with Crippen molar-refractivity contribution in [3.63, 3.8) is 0 Å². The Bertz CT molecular complexity index is 423. The van der Waals surface area contributed by atoms with E-state index in [-0.39, 0.29) is 0 Å². The van der Waals surface area contributed by atoms with Gasteiger partial charge in [0.1, 0.15) is 0 Å². The first kappa shape index (κ1) is 11.2. The summed E-state index contributed by atoms with van der Waals surface area (Å²) >= 11 is 0. The summed E-state index contributed by atoms with van der Waals surface area (Å²) in [6.45, 7) is 8.55. The number of benzene rings is 1. The van der Waals surface area contributed by atoms with Crippen LogP contribution in [0.3, 0.4) is 0 Å². The van der Waals surface area contributed by atoms with E-state index in [2.05, 4.69) is 50.8 Å². The molecule has 1 aromatic carbocycles. The van der Waals surface area contributed by atoms with Gasteiger partial charge in [-0.15, -0.1) is 0 Å². The monoisotopic (exact) mass is 212 g/mol. The molecule has 1 aromatic rings. The molecule has 84 valence electrons. The van der Waals surface area contributed by atoms with Crippen molar-refractivity contribution >= 4 is 6.08 Å². The highest BCUT2D eigenvalue weighted by molar-refractivity contribution is 5.68. The van der Waals surface area contributed by atoms with E-state index in [1.165, 1.54) is 36.0 Å². The summed E-state index contributed by atoms with van der Waals surface area (Å²) in [5.41, 5.74) is 5.66. The van der Waals surface area contributed by atoms with Crippen LogP contribution in [0.2, 0.25) is 0 Å². The number of hydrogen-bond acceptors (Lipinski definition) is 0. The summed E-state index contributed by atoms with van der Waals surface area (Å²) in [6.07, 6.45) is 6.12. The molecule has 0 heteroatoms. The maximum absolute atomic E-state index is 4.15. The van der Waals surface area contributed by atoms with Crippen molar-refractivity contribution in [1.29, 1.82) is 0 Å². The summed E-state index contributed by atoms with van der Waals surface area (Å²) < 4.78 is 0. The third-order valence-electron chi connectivity index (χ3n) is 3.33. The molecule has 0 saturated carbocycles. The lowest BCUT2D eigenvalue weighted by atomic mass is 9.88. The third-order valence-corrected chi connectivity index (χ3v) is 3.33. The van der Waals surface area contributed by atoms with Gasteiger partial charge in [0.05, 0.1) is 0 Å². The van der Waals surface area contributed by atoms with Crippen LogP contribution in [0.25, 0.3) is 6.08 Å². The molecule has 1 aliphatic rings. The maximum Gasteiger partial charge on any atom is 0.0261 e. The maximum atomic E-state index is 4.15. The van der Waals surface area contributed by atoms with E-state index >= 15 is 0 Å². The molecule has 0 bridgehead atoms. The predicted octanol–water partition coefficient (Wildman–Crippen LogP) is 4.93. The van der Waals surface area contributed by atoms with E-state index in [9.17, 15) is 0 Å². The van der Waals surface area contributed by atoms with Gasteiger partial charge in [-0.2, -0.15) is 0 Å². The van der Waals surface area contributed by atoms with Crippen LogP contribution < -0.4 is 0 Å². The summed E-state index contributed by atoms with van der Waals surface area (Å²) in [4.78, 5) is 0. The minimum atomic E-state index is 0.475. The van der Waals surface area contributed by atoms with Crippen molar-refractivity contribution in [1.82, 2.24) is 0 Å². The molecular formula is C16H20. The van der Waals surface area contributed by atoms with Crippen LogP contribution in [-0.2, 0) is 0 Å². The quantitative estimate of drug-likeness (QED) is 0.620. The first-order valence-electron chi connectivity index (χ1n) is 6.18. The molecule has 0 unspecified atom stereocenters. The summed E-state index contributed by atoms with van der Waals surface area (Å²) in [6, 6.07) is 8.70. The molecule has 16 heavy (non-hydrogen) atoms. The van der Waals surface area contributed by atoms with E-state index in [4.69, 9.17) is 0 Å². The van der Waals surface area contributed by atoms with E-state index in [0.29, 0.717) is 5.92 Å². The highest BCUT2D eigenvalue weighted by atomic mass is 14.3. The van der Waals surface area contributed by atoms with Crippen molar-refractivity contribution in [2.24, 2.45) is 0 Å². The Hall–Kier alpha value is -1.30. The normalized spacial score (nSPS) is 18.1. The minimum absolute atomic E-state index is 0.475. The molecule has 0 nitrogen and oxygen atoms in total. The second kappa shape index (κ2) is 4.69. The van der Waals surface area contributed by atoms with Gasteiger partial charge >= 0.3 is 0 Å². The third kappa shape index (κ3) is 1.97. The second-order valence-corrected chi connectivity index (χ2v) is 4.73. The lowest BCUT2D eigenvalue weighted by molar-refractivity contribution is 0.751. The number of allylic oxidation sites excluding steroid dienone is 2. The summed E-state index contributed by atoms with van der Waals surface area (Å²) in [5, 5.41) is 0. The van der Waals surface area contributed by atoms with Gasteiger partial charge < -0.3 is 0 Å². The molecule has 0 aromatic heterocycles. The SMILES string of the molecule is C=C(C)[C@@H]1C(CCCC)=Cc2ccccc21. The molecule has 2 rings (SSSR count). The van der Waals surface area contributed by atoms with Crippen molar-refractivity contribution in [3.05, 3.63) is 53.1 Å². The average molecular weight is 212 g/mol. The number of hydrogen-bond donors (Lipinski definition) is 0. The second-order valence-electron chi connectivity index (χ2n) is 4.73. The Morgan fingerprint density at radius 3 is 2.75 bits per heavy atom. The fourth-order valence-corrected chi connectivity index (χ4v) is 2.57. The lowest BCUT2D eigenvalue weighted by Gasteiger charge is -2.16. The van der Waals surface area contributed by atoms with Crippen LogP contribution in [0.5, 0.6) is 0 Å². The zero-order chi connectivity index (χ0) is 11.5. The van der Waals surface area contributed by atoms with Crippen LogP contribution in [0.4, 0.5) is 0 Å². The Morgan fingerprint density at radius 1 is 1.31 bits per heavy atom. The average Bonchev–Trinajstić information content (AvgIpc) is 2.64. The van der Waals surface area contributed by atoms with E-state index < -0.39 is 0 Å². The van der Waals surface area contributed by atoms with Crippen LogP contribution in [0, 0.1) is 0 Å². The molecule has 0 fully saturated rings. The molecule has 1 atom stereocenters. The van der Waals surface area contributed by atoms with Crippen LogP contribution in [0.15, 0.2) is 42.0 Å². The molecule has 0 heterocycles. The van der Waals surface area contributed by atoms with Crippen LogP contribution in [-0.4, -0.2) is 0 Å². The Labute approximate surface area is 98.7 Å². The van der Waals surface area contributed by atoms with Crippen molar-refractivity contribution in [3.8, 4) is 0 Å². The van der Waals surface area contributed by atoms with Gasteiger partial charge in [-0.3, -0.25) is 0 Å². The highest BCUT2D eigenvalue weighted by Crippen LogP contribution is 2.42. The Morgan fingerprint density at radius 2 is 2.06 bits per heavy atom. The smallest absolute Gasteiger partial charge is 0.0261 e. The van der Waals surface area contributed by atoms with Gasteiger partial charge in [0.2, 0.25) is 0 Å². The topological polar surface area (TPSA) is 0 Å². The van der Waals surface area contributed by atoms with E-state index in [1.807, 2.05) is 0 Å². The molecule has 0 spiro atoms. The first-order valence-corrected chi connectivity index (χ1v) is 6.18. The molecule has 0 saturated heterocycles. The van der Waals surface area contributed by atoms with Crippen LogP contribution >= 0.6 is 0 Å². The Balaban J connectivity index is 2.31. The summed E-state index contributed by atoms with van der Waals surface area (Å²) in [5.74, 6) is 0.475. The fourth-order valence-electron chi connectivity index (χ4n) is 2.57. The van der Waals surface area contributed by atoms with Crippen molar-refractivity contribution in [2.45, 2.75) is 39.0 Å². The number of fused-ring (bicyclic) bond motifs is 1. The number of rotatable bonds is 4. The molecule has 0 N–H and O–H groups in total. The zero-order valence-electron chi connectivity index (χ0n) is 10.3. The van der Waals surface area contributed by atoms with Gasteiger partial charge in [-0.25, -0.2) is 0 Å². The Kier molecular flexibility index (Phi) is 3.28. The van der Waals surface area contributed by atoms with Gasteiger partial charge in [0.15, 0.2) is 0 Å². The van der Waals surface area contributed by atoms with Gasteiger partial charge in [-0.05, 0) is 30.9 Å². The highest BCUT2D eigenvalue weighted by Gasteiger charge is 2.24. The van der Waals surface area contributed by atoms with Gasteiger partial charge in [0, 0.05) is 5.92 Å². The zero-order valence-corrected chi connectivity index (χ0v) is 10.3. The minimum Gasteiger partial charge on any atom is -0.0992 e. The molecular weight excluding hydrogens is 192 g/mol. The first-order chi connectivity index (χ1) is 7.74. The largest absolute Gasteiger partial charge is 0.0992 e. The van der Waals surface area contributed by atoms with Gasteiger partial charge in [-0.1, -0.05) is 61.4 Å². The van der Waals surface area contributed by atoms with Crippen molar-refractivity contribution in [2.75, 3.05) is 0 Å². The van der Waals surface area contributed by atoms with Crippen LogP contribution in [0.1, 0.15) is 50.2 Å².